The molecule has 0 saturated heterocycles. The molecular formula is C13H12Cl2N2O. The molecule has 1 aromatic heterocycles. The maximum Gasteiger partial charge on any atom is 0.287 e. The van der Waals surface area contributed by atoms with Gasteiger partial charge in [-0.05, 0) is 25.0 Å². The van der Waals surface area contributed by atoms with Gasteiger partial charge < -0.3 is 0 Å². The van der Waals surface area contributed by atoms with Crippen LogP contribution in [0.5, 0.6) is 0 Å². The topological polar surface area (TPSA) is 34.9 Å². The van der Waals surface area contributed by atoms with Gasteiger partial charge in [0.25, 0.3) is 5.56 Å². The van der Waals surface area contributed by atoms with Crippen LogP contribution in [0.25, 0.3) is 0 Å². The monoisotopic (exact) mass is 282 g/mol. The highest BCUT2D eigenvalue weighted by Gasteiger charge is 2.08. The van der Waals surface area contributed by atoms with Gasteiger partial charge in [-0.3, -0.25) is 4.79 Å². The number of hydrogen-bond acceptors (Lipinski definition) is 2. The van der Waals surface area contributed by atoms with Crippen molar-refractivity contribution in [2.24, 2.45) is 0 Å². The second kappa shape index (κ2) is 5.12. The van der Waals surface area contributed by atoms with Crippen molar-refractivity contribution in [1.29, 1.82) is 0 Å². The third kappa shape index (κ3) is 2.57. The summed E-state index contributed by atoms with van der Waals surface area (Å²) in [7, 11) is 0. The van der Waals surface area contributed by atoms with Crippen molar-refractivity contribution in [3.63, 3.8) is 0 Å². The van der Waals surface area contributed by atoms with E-state index in [0.717, 1.165) is 16.7 Å². The largest absolute Gasteiger partial charge is 0.287 e. The predicted octanol–water partition coefficient (Wildman–Crippen LogP) is 3.22. The van der Waals surface area contributed by atoms with Gasteiger partial charge in [0.05, 0.1) is 17.8 Å². The Morgan fingerprint density at radius 2 is 2.00 bits per heavy atom. The van der Waals surface area contributed by atoms with Gasteiger partial charge in [0.1, 0.15) is 5.02 Å². The Kier molecular flexibility index (Phi) is 3.73. The minimum absolute atomic E-state index is 0.0111. The fraction of sp³-hybridized carbons (Fsp3) is 0.231. The lowest BCUT2D eigenvalue weighted by Gasteiger charge is -2.09. The lowest BCUT2D eigenvalue weighted by molar-refractivity contribution is 0.637. The molecule has 2 rings (SSSR count). The van der Waals surface area contributed by atoms with Crippen LogP contribution < -0.4 is 5.56 Å². The smallest absolute Gasteiger partial charge is 0.266 e. The Morgan fingerprint density at radius 3 is 2.72 bits per heavy atom. The summed E-state index contributed by atoms with van der Waals surface area (Å²) in [5.74, 6) is 0. The molecule has 18 heavy (non-hydrogen) atoms. The van der Waals surface area contributed by atoms with Crippen LogP contribution in [0.2, 0.25) is 10.0 Å². The van der Waals surface area contributed by atoms with Crippen LogP contribution in [0.4, 0.5) is 0 Å². The third-order valence-electron chi connectivity index (χ3n) is 2.77. The van der Waals surface area contributed by atoms with Crippen LogP contribution in [0.15, 0.2) is 29.2 Å². The summed E-state index contributed by atoms with van der Waals surface area (Å²) in [5, 5.41) is 4.18. The number of halogens is 2. The molecule has 0 aliphatic carbocycles. The van der Waals surface area contributed by atoms with Crippen LogP contribution in [0.1, 0.15) is 16.7 Å². The van der Waals surface area contributed by atoms with E-state index < -0.39 is 0 Å². The van der Waals surface area contributed by atoms with E-state index in [0.29, 0.717) is 6.54 Å². The maximum atomic E-state index is 11.9. The van der Waals surface area contributed by atoms with Crippen molar-refractivity contribution in [3.8, 4) is 0 Å². The molecular weight excluding hydrogens is 271 g/mol. The molecule has 0 aliphatic heterocycles. The molecule has 0 aliphatic rings. The summed E-state index contributed by atoms with van der Waals surface area (Å²) in [6.45, 7) is 4.40. The third-order valence-corrected chi connectivity index (χ3v) is 3.52. The Morgan fingerprint density at radius 1 is 1.28 bits per heavy atom. The first kappa shape index (κ1) is 13.1. The van der Waals surface area contributed by atoms with Gasteiger partial charge in [0, 0.05) is 0 Å². The highest BCUT2D eigenvalue weighted by atomic mass is 35.5. The molecule has 0 amide bonds. The lowest BCUT2D eigenvalue weighted by Crippen LogP contribution is -2.24. The molecule has 94 valence electrons. The van der Waals surface area contributed by atoms with Crippen LogP contribution in [0, 0.1) is 13.8 Å². The summed E-state index contributed by atoms with van der Waals surface area (Å²) in [6.07, 6.45) is 1.39. The van der Waals surface area contributed by atoms with Crippen LogP contribution in [-0.4, -0.2) is 9.78 Å². The van der Waals surface area contributed by atoms with Gasteiger partial charge >= 0.3 is 0 Å². The van der Waals surface area contributed by atoms with Crippen LogP contribution in [0.3, 0.4) is 0 Å². The molecule has 1 aromatic carbocycles. The second-order valence-corrected chi connectivity index (χ2v) is 4.98. The first-order valence-electron chi connectivity index (χ1n) is 5.46. The van der Waals surface area contributed by atoms with E-state index in [1.54, 1.807) is 0 Å². The number of aryl methyl sites for hydroxylation is 2. The quantitative estimate of drug-likeness (QED) is 0.848. The van der Waals surface area contributed by atoms with Gasteiger partial charge in [-0.25, -0.2) is 4.68 Å². The van der Waals surface area contributed by atoms with Crippen molar-refractivity contribution in [3.05, 3.63) is 61.5 Å². The number of benzene rings is 1. The van der Waals surface area contributed by atoms with Crippen LogP contribution in [-0.2, 0) is 6.54 Å². The van der Waals surface area contributed by atoms with Crippen molar-refractivity contribution in [2.45, 2.75) is 20.4 Å². The van der Waals surface area contributed by atoms with Gasteiger partial charge in [-0.2, -0.15) is 5.10 Å². The zero-order valence-electron chi connectivity index (χ0n) is 10.1. The normalized spacial score (nSPS) is 10.7. The highest BCUT2D eigenvalue weighted by molar-refractivity contribution is 6.41. The van der Waals surface area contributed by atoms with Gasteiger partial charge in [0.2, 0.25) is 0 Å². The predicted molar refractivity (Wildman–Crippen MR) is 73.5 cm³/mol. The maximum absolute atomic E-state index is 11.9. The molecule has 0 atom stereocenters. The van der Waals surface area contributed by atoms with E-state index in [1.165, 1.54) is 10.9 Å². The molecule has 0 N–H and O–H groups in total. The van der Waals surface area contributed by atoms with E-state index in [4.69, 9.17) is 23.2 Å². The van der Waals surface area contributed by atoms with E-state index in [-0.39, 0.29) is 15.6 Å². The van der Waals surface area contributed by atoms with Crippen molar-refractivity contribution >= 4 is 23.2 Å². The molecule has 0 fully saturated rings. The van der Waals surface area contributed by atoms with E-state index in [2.05, 4.69) is 5.10 Å². The fourth-order valence-electron chi connectivity index (χ4n) is 1.69. The zero-order valence-corrected chi connectivity index (χ0v) is 11.6. The first-order valence-corrected chi connectivity index (χ1v) is 6.22. The van der Waals surface area contributed by atoms with Gasteiger partial charge in [-0.1, -0.05) is 47.0 Å². The van der Waals surface area contributed by atoms with E-state index >= 15 is 0 Å². The molecule has 0 bridgehead atoms. The Hall–Kier alpha value is -1.32. The SMILES string of the molecule is Cc1ccc(C)c(Cn2ncc(Cl)c(Cl)c2=O)c1. The highest BCUT2D eigenvalue weighted by Crippen LogP contribution is 2.16. The summed E-state index contributed by atoms with van der Waals surface area (Å²) in [5.41, 5.74) is 2.93. The summed E-state index contributed by atoms with van der Waals surface area (Å²) < 4.78 is 1.32. The minimum atomic E-state index is -0.370. The molecule has 0 radical (unpaired) electrons. The fourth-order valence-corrected chi connectivity index (χ4v) is 1.96. The molecule has 1 heterocycles. The standard InChI is InChI=1S/C13H12Cl2N2O/c1-8-3-4-9(2)10(5-8)7-17-13(18)12(15)11(14)6-16-17/h3-6H,7H2,1-2H3. The Labute approximate surface area is 115 Å². The molecule has 0 unspecified atom stereocenters. The first-order chi connectivity index (χ1) is 8.49. The van der Waals surface area contributed by atoms with Crippen molar-refractivity contribution in [1.82, 2.24) is 9.78 Å². The van der Waals surface area contributed by atoms with Gasteiger partial charge in [0.15, 0.2) is 0 Å². The minimum Gasteiger partial charge on any atom is -0.266 e. The number of rotatable bonds is 2. The Balaban J connectivity index is 2.44. The lowest BCUT2D eigenvalue weighted by atomic mass is 10.1. The van der Waals surface area contributed by atoms with Crippen molar-refractivity contribution in [2.75, 3.05) is 0 Å². The molecule has 5 heteroatoms. The van der Waals surface area contributed by atoms with Crippen LogP contribution >= 0.6 is 23.2 Å². The molecule has 0 spiro atoms. The average molecular weight is 283 g/mol. The summed E-state index contributed by atoms with van der Waals surface area (Å²) in [6, 6.07) is 6.09. The number of nitrogens with zero attached hydrogens (tertiary/aromatic N) is 2. The summed E-state index contributed by atoms with van der Waals surface area (Å²) in [4.78, 5) is 11.9. The van der Waals surface area contributed by atoms with E-state index in [9.17, 15) is 4.79 Å². The Bertz CT molecular complexity index is 650. The number of aromatic nitrogens is 2. The molecule has 2 aromatic rings. The van der Waals surface area contributed by atoms with E-state index in [1.807, 2.05) is 32.0 Å². The summed E-state index contributed by atoms with van der Waals surface area (Å²) >= 11 is 11.6. The van der Waals surface area contributed by atoms with Crippen molar-refractivity contribution < 1.29 is 0 Å². The zero-order chi connectivity index (χ0) is 13.3. The molecule has 0 saturated carbocycles. The van der Waals surface area contributed by atoms with Gasteiger partial charge in [-0.15, -0.1) is 0 Å². The molecule has 3 nitrogen and oxygen atoms in total. The second-order valence-electron chi connectivity index (χ2n) is 4.20. The average Bonchev–Trinajstić information content (AvgIpc) is 2.34. The number of hydrogen-bond donors (Lipinski definition) is 0.